The third-order valence-corrected chi connectivity index (χ3v) is 6.73. The molecule has 4 rings (SSSR count). The highest BCUT2D eigenvalue weighted by molar-refractivity contribution is 7.89. The van der Waals surface area contributed by atoms with Crippen molar-refractivity contribution < 1.29 is 8.42 Å². The molecule has 0 saturated heterocycles. The lowest BCUT2D eigenvalue weighted by molar-refractivity contribution is 0.363. The lowest BCUT2D eigenvalue weighted by atomic mass is 10.00. The number of rotatable bonds is 4. The van der Waals surface area contributed by atoms with Crippen molar-refractivity contribution in [3.63, 3.8) is 0 Å². The molecular weight excluding hydrogens is 336 g/mol. The molecule has 0 saturated carbocycles. The third kappa shape index (κ3) is 3.30. The van der Waals surface area contributed by atoms with Crippen LogP contribution in [0.2, 0.25) is 0 Å². The van der Waals surface area contributed by atoms with E-state index in [2.05, 4.69) is 19.2 Å². The van der Waals surface area contributed by atoms with E-state index in [9.17, 15) is 8.42 Å². The molecule has 2 aromatic rings. The number of nitrogens with one attached hydrogen (secondary N) is 1. The van der Waals surface area contributed by atoms with Gasteiger partial charge in [-0.15, -0.1) is 0 Å². The minimum Gasteiger partial charge on any atom is -0.374 e. The Labute approximate surface area is 148 Å². The molecule has 1 N–H and O–H groups in total. The first-order chi connectivity index (χ1) is 12.0. The number of fused-ring (bicyclic) bond motifs is 2. The van der Waals surface area contributed by atoms with Gasteiger partial charge in [0.15, 0.2) is 0 Å². The number of aryl methyl sites for hydroxylation is 2. The van der Waals surface area contributed by atoms with E-state index < -0.39 is 10.0 Å². The van der Waals surface area contributed by atoms with Crippen LogP contribution in [0.15, 0.2) is 35.5 Å². The highest BCUT2D eigenvalue weighted by Crippen LogP contribution is 2.28. The minimum absolute atomic E-state index is 0.303. The monoisotopic (exact) mass is 360 g/mol. The zero-order valence-electron chi connectivity index (χ0n) is 14.5. The molecule has 0 aliphatic carbocycles. The van der Waals surface area contributed by atoms with Gasteiger partial charge in [0.2, 0.25) is 10.0 Å². The minimum atomic E-state index is -3.48. The highest BCUT2D eigenvalue weighted by atomic mass is 32.2. The summed E-state index contributed by atoms with van der Waals surface area (Å²) in [5.74, 6) is 1.40. The van der Waals surface area contributed by atoms with E-state index in [1.165, 1.54) is 5.56 Å². The van der Waals surface area contributed by atoms with Crippen LogP contribution in [0.25, 0.3) is 0 Å². The molecule has 25 heavy (non-hydrogen) atoms. The maximum Gasteiger partial charge on any atom is 0.240 e. The lowest BCUT2D eigenvalue weighted by Crippen LogP contribution is -2.34. The molecule has 0 radical (unpaired) electrons. The van der Waals surface area contributed by atoms with Gasteiger partial charge in [0.25, 0.3) is 0 Å². The second-order valence-electron chi connectivity index (χ2n) is 7.07. The largest absolute Gasteiger partial charge is 0.374 e. The fourth-order valence-corrected chi connectivity index (χ4v) is 4.96. The predicted octanol–water partition coefficient (Wildman–Crippen LogP) is 1.81. The Kier molecular flexibility index (Phi) is 4.29. The topological polar surface area (TPSA) is 67.2 Å². The van der Waals surface area contributed by atoms with E-state index in [0.717, 1.165) is 50.3 Å². The molecular formula is C18H24N4O2S. The predicted molar refractivity (Wildman–Crippen MR) is 97.3 cm³/mol. The van der Waals surface area contributed by atoms with Crippen LogP contribution < -0.4 is 9.62 Å². The zero-order valence-corrected chi connectivity index (χ0v) is 15.3. The molecule has 0 bridgehead atoms. The average molecular weight is 360 g/mol. The second-order valence-corrected chi connectivity index (χ2v) is 8.84. The first kappa shape index (κ1) is 16.6. The normalized spacial score (nSPS) is 20.2. The van der Waals surface area contributed by atoms with Gasteiger partial charge in [0, 0.05) is 51.2 Å². The van der Waals surface area contributed by atoms with Gasteiger partial charge in [0.05, 0.1) is 4.90 Å². The Morgan fingerprint density at radius 1 is 1.32 bits per heavy atom. The first-order valence-corrected chi connectivity index (χ1v) is 10.3. The standard InChI is InChI=1S/C18H24N4O2S/c1-21-9-2-3-15-5-6-16(11-17(15)21)25(23,24)20-12-14-4-7-18-19-8-10-22(18)13-14/h5-6,8,10-11,14,20H,2-4,7,9,12-13H2,1H3/t14-/m1/s1. The Bertz CT molecular complexity index is 875. The zero-order chi connectivity index (χ0) is 17.4. The molecule has 1 aromatic carbocycles. The molecule has 0 unspecified atom stereocenters. The smallest absolute Gasteiger partial charge is 0.240 e. The fraction of sp³-hybridized carbons (Fsp3) is 0.500. The van der Waals surface area contributed by atoms with Gasteiger partial charge < -0.3 is 9.47 Å². The van der Waals surface area contributed by atoms with E-state index in [0.29, 0.717) is 17.4 Å². The van der Waals surface area contributed by atoms with Crippen molar-refractivity contribution in [1.82, 2.24) is 14.3 Å². The van der Waals surface area contributed by atoms with Crippen molar-refractivity contribution in [2.45, 2.75) is 37.1 Å². The summed E-state index contributed by atoms with van der Waals surface area (Å²) in [4.78, 5) is 6.81. The third-order valence-electron chi connectivity index (χ3n) is 5.31. The summed E-state index contributed by atoms with van der Waals surface area (Å²) >= 11 is 0. The van der Waals surface area contributed by atoms with Crippen molar-refractivity contribution in [2.24, 2.45) is 5.92 Å². The molecule has 0 fully saturated rings. The number of imidazole rings is 1. The van der Waals surface area contributed by atoms with Crippen LogP contribution in [0.3, 0.4) is 0 Å². The maximum absolute atomic E-state index is 12.7. The van der Waals surface area contributed by atoms with E-state index in [-0.39, 0.29) is 0 Å². The van der Waals surface area contributed by atoms with E-state index in [1.54, 1.807) is 6.07 Å². The van der Waals surface area contributed by atoms with Gasteiger partial charge in [-0.3, -0.25) is 0 Å². The van der Waals surface area contributed by atoms with Crippen LogP contribution in [0.4, 0.5) is 5.69 Å². The maximum atomic E-state index is 12.7. The van der Waals surface area contributed by atoms with Crippen LogP contribution in [0.5, 0.6) is 0 Å². The van der Waals surface area contributed by atoms with Crippen LogP contribution in [-0.2, 0) is 29.4 Å². The summed E-state index contributed by atoms with van der Waals surface area (Å²) < 4.78 is 30.4. The highest BCUT2D eigenvalue weighted by Gasteiger charge is 2.23. The van der Waals surface area contributed by atoms with Crippen LogP contribution in [-0.4, -0.2) is 38.1 Å². The van der Waals surface area contributed by atoms with Crippen LogP contribution in [0, 0.1) is 5.92 Å². The number of hydrogen-bond donors (Lipinski definition) is 1. The summed E-state index contributed by atoms with van der Waals surface area (Å²) in [5, 5.41) is 0. The number of anilines is 1. The molecule has 0 spiro atoms. The number of hydrogen-bond acceptors (Lipinski definition) is 4. The van der Waals surface area contributed by atoms with Crippen LogP contribution in [0.1, 0.15) is 24.2 Å². The molecule has 3 heterocycles. The molecule has 7 heteroatoms. The molecule has 1 atom stereocenters. The van der Waals surface area contributed by atoms with E-state index in [4.69, 9.17) is 0 Å². The Hall–Kier alpha value is -1.86. The average Bonchev–Trinajstić information content (AvgIpc) is 3.08. The number of nitrogens with zero attached hydrogens (tertiary/aromatic N) is 3. The van der Waals surface area contributed by atoms with Gasteiger partial charge in [-0.25, -0.2) is 18.1 Å². The Balaban J connectivity index is 1.46. The van der Waals surface area contributed by atoms with Gasteiger partial charge in [-0.05, 0) is 42.9 Å². The SMILES string of the molecule is CN1CCCc2ccc(S(=O)(=O)NC[C@H]3CCc4nccn4C3)cc21. The van der Waals surface area contributed by atoms with Gasteiger partial charge in [-0.2, -0.15) is 0 Å². The summed E-state index contributed by atoms with van der Waals surface area (Å²) in [6.45, 7) is 2.26. The second kappa shape index (κ2) is 6.46. The van der Waals surface area contributed by atoms with Crippen LogP contribution >= 0.6 is 0 Å². The lowest BCUT2D eigenvalue weighted by Gasteiger charge is -2.28. The van der Waals surface area contributed by atoms with E-state index in [1.807, 2.05) is 31.6 Å². The van der Waals surface area contributed by atoms with Gasteiger partial charge in [-0.1, -0.05) is 6.07 Å². The van der Waals surface area contributed by atoms with Gasteiger partial charge in [0.1, 0.15) is 5.82 Å². The summed E-state index contributed by atoms with van der Waals surface area (Å²) in [6.07, 6.45) is 7.78. The summed E-state index contributed by atoms with van der Waals surface area (Å²) in [5.41, 5.74) is 2.27. The molecule has 2 aliphatic rings. The Morgan fingerprint density at radius 2 is 2.20 bits per heavy atom. The first-order valence-electron chi connectivity index (χ1n) is 8.87. The number of benzene rings is 1. The molecule has 0 amide bonds. The summed E-state index contributed by atoms with van der Waals surface area (Å²) in [6, 6.07) is 5.50. The molecule has 1 aromatic heterocycles. The Morgan fingerprint density at radius 3 is 3.08 bits per heavy atom. The molecule has 2 aliphatic heterocycles. The van der Waals surface area contributed by atoms with Crippen molar-refractivity contribution in [2.75, 3.05) is 25.0 Å². The fourth-order valence-electron chi connectivity index (χ4n) is 3.82. The quantitative estimate of drug-likeness (QED) is 0.903. The van der Waals surface area contributed by atoms with Crippen molar-refractivity contribution in [3.8, 4) is 0 Å². The van der Waals surface area contributed by atoms with E-state index >= 15 is 0 Å². The number of sulfonamides is 1. The van der Waals surface area contributed by atoms with Crippen molar-refractivity contribution >= 4 is 15.7 Å². The van der Waals surface area contributed by atoms with Crippen molar-refractivity contribution in [1.29, 1.82) is 0 Å². The molecule has 6 nitrogen and oxygen atoms in total. The van der Waals surface area contributed by atoms with Gasteiger partial charge >= 0.3 is 0 Å². The summed E-state index contributed by atoms with van der Waals surface area (Å²) in [7, 11) is -1.46. The molecule has 134 valence electrons. The van der Waals surface area contributed by atoms with Crippen molar-refractivity contribution in [3.05, 3.63) is 42.0 Å². The number of aromatic nitrogens is 2.